The maximum atomic E-state index is 12.3. The Morgan fingerprint density at radius 2 is 1.57 bits per heavy atom. The molecule has 0 saturated carbocycles. The first kappa shape index (κ1) is 19.2. The maximum Gasteiger partial charge on any atom is 0.364 e. The van der Waals surface area contributed by atoms with Crippen molar-refractivity contribution in [1.82, 2.24) is 0 Å². The molecule has 1 rings (SSSR count). The number of hydrogen-bond donors (Lipinski definition) is 0. The molecule has 0 heterocycles. The summed E-state index contributed by atoms with van der Waals surface area (Å²) in [7, 11) is -6.42. The number of benzene rings is 1. The Kier molecular flexibility index (Phi) is 6.54. The predicted molar refractivity (Wildman–Crippen MR) is 80.4 cm³/mol. The van der Waals surface area contributed by atoms with Crippen LogP contribution in [0.25, 0.3) is 0 Å². The summed E-state index contributed by atoms with van der Waals surface area (Å²) in [6, 6.07) is 7.12. The van der Waals surface area contributed by atoms with Gasteiger partial charge in [-0.25, -0.2) is 4.18 Å². The monoisotopic (exact) mass is 396 g/mol. The van der Waals surface area contributed by atoms with E-state index in [0.717, 1.165) is 14.2 Å². The van der Waals surface area contributed by atoms with Crippen molar-refractivity contribution >= 4 is 52.5 Å². The second-order valence-corrected chi connectivity index (χ2v) is 9.88. The predicted octanol–water partition coefficient (Wildman–Crippen LogP) is 3.57. The van der Waals surface area contributed by atoms with Crippen LogP contribution in [0.1, 0.15) is 0 Å². The van der Waals surface area contributed by atoms with Crippen LogP contribution in [-0.2, 0) is 27.9 Å². The molecule has 0 N–H and O–H groups in total. The van der Waals surface area contributed by atoms with Gasteiger partial charge in [-0.2, -0.15) is 8.42 Å². The second kappa shape index (κ2) is 7.15. The summed E-state index contributed by atoms with van der Waals surface area (Å²) in [5.41, 5.74) is 0. The summed E-state index contributed by atoms with van der Waals surface area (Å²) < 4.78 is 48.3. The molecule has 1 atom stereocenters. The summed E-state index contributed by atoms with van der Waals surface area (Å²) in [6.07, 6.45) is 0. The van der Waals surface area contributed by atoms with Crippen molar-refractivity contribution in [2.24, 2.45) is 0 Å². The quantitative estimate of drug-likeness (QED) is 0.415. The fourth-order valence-corrected chi connectivity index (χ4v) is 5.32. The Bertz CT molecular complexity index is 607. The Morgan fingerprint density at radius 1 is 1.10 bits per heavy atom. The normalized spacial score (nSPS) is 14.9. The molecule has 0 bridgehead atoms. The van der Waals surface area contributed by atoms with E-state index in [4.69, 9.17) is 39.0 Å². The highest BCUT2D eigenvalue weighted by Gasteiger charge is 2.52. The van der Waals surface area contributed by atoms with E-state index in [1.807, 2.05) is 0 Å². The minimum atomic E-state index is -4.33. The number of alkyl halides is 3. The third-order valence-electron chi connectivity index (χ3n) is 2.33. The van der Waals surface area contributed by atoms with Crippen LogP contribution in [-0.4, -0.2) is 32.3 Å². The molecule has 0 spiro atoms. The van der Waals surface area contributed by atoms with Crippen LogP contribution in [0.4, 0.5) is 0 Å². The molecule has 0 amide bonds. The standard InChI is InChI=1S/C10H12Cl3O6PS/c1-17-20(14,18-2)9(10(11,12)13)19-21(15,16)8-6-4-3-5-7-8/h3-7,9H,1-2H3/t9-/m0/s1. The van der Waals surface area contributed by atoms with Crippen LogP contribution in [0.5, 0.6) is 0 Å². The number of hydrogen-bond acceptors (Lipinski definition) is 6. The SMILES string of the molecule is COP(=O)(OC)[C@H](OS(=O)(=O)c1ccccc1)C(Cl)(Cl)Cl. The molecular weight excluding hydrogens is 386 g/mol. The molecule has 0 unspecified atom stereocenters. The van der Waals surface area contributed by atoms with Gasteiger partial charge in [0.05, 0.1) is 4.90 Å². The molecule has 0 aliphatic rings. The highest BCUT2D eigenvalue weighted by atomic mass is 35.6. The molecular formula is C10H12Cl3O6PS. The van der Waals surface area contributed by atoms with Crippen LogP contribution in [0.2, 0.25) is 0 Å². The zero-order chi connectivity index (χ0) is 16.3. The highest BCUT2D eigenvalue weighted by molar-refractivity contribution is 7.87. The molecule has 0 fully saturated rings. The van der Waals surface area contributed by atoms with E-state index in [0.29, 0.717) is 0 Å². The van der Waals surface area contributed by atoms with Crippen molar-refractivity contribution in [3.8, 4) is 0 Å². The van der Waals surface area contributed by atoms with E-state index in [2.05, 4.69) is 9.05 Å². The first-order chi connectivity index (χ1) is 9.57. The Morgan fingerprint density at radius 3 is 1.95 bits per heavy atom. The number of halogens is 3. The van der Waals surface area contributed by atoms with Crippen LogP contribution >= 0.6 is 42.4 Å². The van der Waals surface area contributed by atoms with Gasteiger partial charge in [-0.3, -0.25) is 4.57 Å². The van der Waals surface area contributed by atoms with Gasteiger partial charge in [0.1, 0.15) is 0 Å². The largest absolute Gasteiger partial charge is 0.364 e. The topological polar surface area (TPSA) is 78.9 Å². The van der Waals surface area contributed by atoms with E-state index < -0.39 is 27.4 Å². The van der Waals surface area contributed by atoms with E-state index in [9.17, 15) is 13.0 Å². The molecule has 0 aliphatic heterocycles. The third-order valence-corrected chi connectivity index (χ3v) is 6.90. The highest BCUT2D eigenvalue weighted by Crippen LogP contribution is 2.60. The van der Waals surface area contributed by atoms with Gasteiger partial charge in [-0.1, -0.05) is 53.0 Å². The zero-order valence-electron chi connectivity index (χ0n) is 10.9. The molecule has 0 aliphatic carbocycles. The van der Waals surface area contributed by atoms with Crippen LogP contribution in [0.15, 0.2) is 35.2 Å². The van der Waals surface area contributed by atoms with Crippen LogP contribution < -0.4 is 0 Å². The van der Waals surface area contributed by atoms with Crippen LogP contribution in [0, 0.1) is 0 Å². The first-order valence-electron chi connectivity index (χ1n) is 5.33. The fourth-order valence-electron chi connectivity index (χ4n) is 1.32. The summed E-state index contributed by atoms with van der Waals surface area (Å²) in [5, 5.41) is 0. The van der Waals surface area contributed by atoms with Gasteiger partial charge in [0, 0.05) is 14.2 Å². The molecule has 1 aromatic rings. The Hall–Kier alpha value is 0.150. The van der Waals surface area contributed by atoms with Crippen molar-refractivity contribution in [3.05, 3.63) is 30.3 Å². The molecule has 0 radical (unpaired) electrons. The lowest BCUT2D eigenvalue weighted by molar-refractivity contribution is 0.195. The molecule has 11 heteroatoms. The maximum absolute atomic E-state index is 12.3. The molecule has 120 valence electrons. The lowest BCUT2D eigenvalue weighted by Gasteiger charge is -2.28. The van der Waals surface area contributed by atoms with Crippen molar-refractivity contribution in [3.63, 3.8) is 0 Å². The van der Waals surface area contributed by atoms with Gasteiger partial charge >= 0.3 is 7.60 Å². The van der Waals surface area contributed by atoms with Gasteiger partial charge < -0.3 is 9.05 Å². The lowest BCUT2D eigenvalue weighted by atomic mass is 10.4. The van der Waals surface area contributed by atoms with E-state index in [1.54, 1.807) is 6.07 Å². The Balaban J connectivity index is 3.23. The summed E-state index contributed by atoms with van der Waals surface area (Å²) >= 11 is 16.9. The Labute approximate surface area is 137 Å². The van der Waals surface area contributed by atoms with E-state index >= 15 is 0 Å². The third kappa shape index (κ3) is 4.81. The van der Waals surface area contributed by atoms with Crippen molar-refractivity contribution < 1.29 is 26.2 Å². The average molecular weight is 398 g/mol. The van der Waals surface area contributed by atoms with Gasteiger partial charge in [0.25, 0.3) is 10.1 Å². The summed E-state index contributed by atoms with van der Waals surface area (Å²) in [6.45, 7) is 0. The second-order valence-electron chi connectivity index (χ2n) is 3.66. The molecule has 6 nitrogen and oxygen atoms in total. The van der Waals surface area contributed by atoms with Crippen molar-refractivity contribution in [2.75, 3.05) is 14.2 Å². The van der Waals surface area contributed by atoms with Gasteiger partial charge in [0.15, 0.2) is 0 Å². The summed E-state index contributed by atoms with van der Waals surface area (Å²) in [5.74, 6) is -1.96. The molecule has 1 aromatic carbocycles. The van der Waals surface area contributed by atoms with Crippen molar-refractivity contribution in [1.29, 1.82) is 0 Å². The molecule has 0 saturated heterocycles. The minimum absolute atomic E-state index is 0.192. The average Bonchev–Trinajstić information content (AvgIpc) is 2.44. The molecule has 0 aromatic heterocycles. The van der Waals surface area contributed by atoms with Gasteiger partial charge in [-0.15, -0.1) is 0 Å². The van der Waals surface area contributed by atoms with Crippen molar-refractivity contribution in [2.45, 2.75) is 14.5 Å². The fraction of sp³-hybridized carbons (Fsp3) is 0.400. The lowest BCUT2D eigenvalue weighted by Crippen LogP contribution is -2.32. The number of rotatable bonds is 6. The smallest absolute Gasteiger partial charge is 0.310 e. The minimum Gasteiger partial charge on any atom is -0.310 e. The first-order valence-corrected chi connectivity index (χ1v) is 9.48. The van der Waals surface area contributed by atoms with E-state index in [-0.39, 0.29) is 4.90 Å². The van der Waals surface area contributed by atoms with Gasteiger partial charge in [0.2, 0.25) is 9.64 Å². The van der Waals surface area contributed by atoms with Gasteiger partial charge in [-0.05, 0) is 12.1 Å². The van der Waals surface area contributed by atoms with Crippen LogP contribution in [0.3, 0.4) is 0 Å². The van der Waals surface area contributed by atoms with E-state index in [1.165, 1.54) is 24.3 Å². The summed E-state index contributed by atoms with van der Waals surface area (Å²) in [4.78, 5) is -0.192. The molecule has 21 heavy (non-hydrogen) atoms. The zero-order valence-corrected chi connectivity index (χ0v) is 14.9.